The van der Waals surface area contributed by atoms with E-state index in [4.69, 9.17) is 0 Å². The van der Waals surface area contributed by atoms with E-state index in [1.165, 1.54) is 36.4 Å². The van der Waals surface area contributed by atoms with Gasteiger partial charge in [-0.3, -0.25) is 0 Å². The number of H-pyrrole nitrogens is 3. The third-order valence-corrected chi connectivity index (χ3v) is 6.99. The van der Waals surface area contributed by atoms with Crippen LogP contribution in [0.1, 0.15) is 0 Å². The smallest absolute Gasteiger partial charge is 0.0603 e. The maximum Gasteiger partial charge on any atom is 0.0603 e. The number of rotatable bonds is 2. The number of hydrogen-bond donors (Lipinski definition) is 3. The summed E-state index contributed by atoms with van der Waals surface area (Å²) in [6, 6.07) is 23.8. The molecule has 0 spiro atoms. The lowest BCUT2D eigenvalue weighted by atomic mass is 10.1. The van der Waals surface area contributed by atoms with Gasteiger partial charge >= 0.3 is 0 Å². The maximum absolute atomic E-state index is 3.77. The molecule has 0 bridgehead atoms. The largest absolute Gasteiger partial charge is 0.361 e. The van der Waals surface area contributed by atoms with Crippen molar-refractivity contribution in [1.82, 2.24) is 15.0 Å². The molecule has 6 rings (SSSR count). The SMILES string of the molecule is Brc1cc(-c2cc3cccc(I)c3[nH]2)cc2cc(-c3ccc4[nH]ccc4c3)[nH]c12. The second-order valence-electron chi connectivity index (χ2n) is 7.27. The van der Waals surface area contributed by atoms with E-state index in [9.17, 15) is 0 Å². The summed E-state index contributed by atoms with van der Waals surface area (Å²) >= 11 is 6.15. The molecule has 3 heterocycles. The van der Waals surface area contributed by atoms with Gasteiger partial charge in [0.15, 0.2) is 0 Å². The Labute approximate surface area is 188 Å². The first-order chi connectivity index (χ1) is 14.2. The van der Waals surface area contributed by atoms with Gasteiger partial charge in [0.05, 0.1) is 11.0 Å². The average molecular weight is 552 g/mol. The summed E-state index contributed by atoms with van der Waals surface area (Å²) < 4.78 is 2.29. The third kappa shape index (κ3) is 2.83. The summed E-state index contributed by atoms with van der Waals surface area (Å²) in [4.78, 5) is 10.4. The Kier molecular flexibility index (Phi) is 3.89. The number of benzene rings is 3. The molecule has 6 aromatic rings. The standard InChI is InChI=1S/C24H15BrIN3/c25-18-10-16(22-11-15-2-1-3-19(26)24(15)29-22)9-17-12-21(28-23(17)18)13-4-5-20-14(8-13)6-7-27-20/h1-12,27-29H. The Balaban J connectivity index is 1.50. The van der Waals surface area contributed by atoms with E-state index in [1.807, 2.05) is 6.20 Å². The van der Waals surface area contributed by atoms with Crippen molar-refractivity contribution in [3.05, 3.63) is 81.0 Å². The molecule has 0 aliphatic carbocycles. The normalized spacial score (nSPS) is 11.8. The molecule has 0 amide bonds. The molecule has 0 saturated carbocycles. The average Bonchev–Trinajstić information content (AvgIpc) is 3.45. The maximum atomic E-state index is 3.77. The van der Waals surface area contributed by atoms with Gasteiger partial charge in [0.25, 0.3) is 0 Å². The lowest BCUT2D eigenvalue weighted by Crippen LogP contribution is -1.80. The van der Waals surface area contributed by atoms with Gasteiger partial charge < -0.3 is 15.0 Å². The molecule has 0 aliphatic heterocycles. The van der Waals surface area contributed by atoms with E-state index in [0.29, 0.717) is 0 Å². The molecular formula is C24H15BrIN3. The van der Waals surface area contributed by atoms with Crippen molar-refractivity contribution in [1.29, 1.82) is 0 Å². The Bertz CT molecular complexity index is 1540. The van der Waals surface area contributed by atoms with Crippen LogP contribution in [0.15, 0.2) is 77.4 Å². The van der Waals surface area contributed by atoms with E-state index in [0.717, 1.165) is 26.9 Å². The Morgan fingerprint density at radius 1 is 0.690 bits per heavy atom. The fourth-order valence-electron chi connectivity index (χ4n) is 4.01. The number of halogens is 2. The monoisotopic (exact) mass is 551 g/mol. The van der Waals surface area contributed by atoms with Crippen LogP contribution in [0, 0.1) is 3.57 Å². The molecule has 5 heteroatoms. The molecule has 0 atom stereocenters. The van der Waals surface area contributed by atoms with Crippen LogP contribution >= 0.6 is 38.5 Å². The van der Waals surface area contributed by atoms with Crippen LogP contribution in [0.3, 0.4) is 0 Å². The van der Waals surface area contributed by atoms with Crippen LogP contribution < -0.4 is 0 Å². The van der Waals surface area contributed by atoms with Gasteiger partial charge in [0.1, 0.15) is 0 Å². The second kappa shape index (κ2) is 6.50. The molecular weight excluding hydrogens is 537 g/mol. The number of para-hydroxylation sites is 1. The summed E-state index contributed by atoms with van der Waals surface area (Å²) in [6.07, 6.45) is 1.98. The van der Waals surface area contributed by atoms with E-state index < -0.39 is 0 Å². The topological polar surface area (TPSA) is 47.4 Å². The van der Waals surface area contributed by atoms with Crippen molar-refractivity contribution in [3.63, 3.8) is 0 Å². The van der Waals surface area contributed by atoms with Gasteiger partial charge in [-0.15, -0.1) is 0 Å². The van der Waals surface area contributed by atoms with Crippen LogP contribution in [-0.2, 0) is 0 Å². The van der Waals surface area contributed by atoms with Crippen LogP contribution in [0.5, 0.6) is 0 Å². The fourth-order valence-corrected chi connectivity index (χ4v) is 5.24. The van der Waals surface area contributed by atoms with Crippen LogP contribution in [-0.4, -0.2) is 15.0 Å². The molecule has 0 saturated heterocycles. The third-order valence-electron chi connectivity index (χ3n) is 5.46. The van der Waals surface area contributed by atoms with Crippen molar-refractivity contribution >= 4 is 71.2 Å². The van der Waals surface area contributed by atoms with E-state index >= 15 is 0 Å². The zero-order valence-corrected chi connectivity index (χ0v) is 18.9. The van der Waals surface area contributed by atoms with Crippen molar-refractivity contribution in [2.45, 2.75) is 0 Å². The Morgan fingerprint density at radius 2 is 1.48 bits per heavy atom. The molecule has 0 aliphatic rings. The van der Waals surface area contributed by atoms with Gasteiger partial charge in [-0.2, -0.15) is 0 Å². The zero-order valence-electron chi connectivity index (χ0n) is 15.2. The van der Waals surface area contributed by atoms with Gasteiger partial charge in [-0.25, -0.2) is 0 Å². The highest BCUT2D eigenvalue weighted by Gasteiger charge is 2.12. The summed E-state index contributed by atoms with van der Waals surface area (Å²) in [7, 11) is 0. The van der Waals surface area contributed by atoms with Crippen molar-refractivity contribution in [3.8, 4) is 22.5 Å². The summed E-state index contributed by atoms with van der Waals surface area (Å²) in [6.45, 7) is 0. The number of hydrogen-bond acceptors (Lipinski definition) is 0. The van der Waals surface area contributed by atoms with E-state index in [1.54, 1.807) is 0 Å². The minimum atomic E-state index is 1.06. The molecule has 3 aromatic carbocycles. The highest BCUT2D eigenvalue weighted by molar-refractivity contribution is 14.1. The molecule has 0 unspecified atom stereocenters. The predicted molar refractivity (Wildman–Crippen MR) is 133 cm³/mol. The molecule has 0 radical (unpaired) electrons. The van der Waals surface area contributed by atoms with Gasteiger partial charge in [0.2, 0.25) is 0 Å². The molecule has 3 N–H and O–H groups in total. The fraction of sp³-hybridized carbons (Fsp3) is 0. The molecule has 3 aromatic heterocycles. The highest BCUT2D eigenvalue weighted by Crippen LogP contribution is 2.35. The Hall–Kier alpha value is -2.51. The van der Waals surface area contributed by atoms with Crippen LogP contribution in [0.2, 0.25) is 0 Å². The van der Waals surface area contributed by atoms with E-state index in [-0.39, 0.29) is 0 Å². The second-order valence-corrected chi connectivity index (χ2v) is 9.29. The zero-order chi connectivity index (χ0) is 19.5. The molecule has 29 heavy (non-hydrogen) atoms. The van der Waals surface area contributed by atoms with Crippen LogP contribution in [0.4, 0.5) is 0 Å². The minimum absolute atomic E-state index is 1.06. The lowest BCUT2D eigenvalue weighted by Gasteiger charge is -2.01. The van der Waals surface area contributed by atoms with E-state index in [2.05, 4.69) is 120 Å². The number of nitrogens with one attached hydrogen (secondary N) is 3. The Morgan fingerprint density at radius 3 is 2.38 bits per heavy atom. The summed E-state index contributed by atoms with van der Waals surface area (Å²) in [5, 5.41) is 3.64. The first-order valence-electron chi connectivity index (χ1n) is 9.33. The van der Waals surface area contributed by atoms with Crippen molar-refractivity contribution < 1.29 is 0 Å². The lowest BCUT2D eigenvalue weighted by molar-refractivity contribution is 1.43. The number of aromatic nitrogens is 3. The van der Waals surface area contributed by atoms with Gasteiger partial charge in [0, 0.05) is 47.3 Å². The number of aromatic amines is 3. The highest BCUT2D eigenvalue weighted by atomic mass is 127. The van der Waals surface area contributed by atoms with Crippen LogP contribution in [0.25, 0.3) is 55.2 Å². The van der Waals surface area contributed by atoms with Gasteiger partial charge in [-0.1, -0.05) is 18.2 Å². The molecule has 140 valence electrons. The van der Waals surface area contributed by atoms with Crippen molar-refractivity contribution in [2.75, 3.05) is 0 Å². The van der Waals surface area contributed by atoms with Crippen molar-refractivity contribution in [2.24, 2.45) is 0 Å². The summed E-state index contributed by atoms with van der Waals surface area (Å²) in [5.74, 6) is 0. The summed E-state index contributed by atoms with van der Waals surface area (Å²) in [5.41, 5.74) is 8.06. The molecule has 3 nitrogen and oxygen atoms in total. The van der Waals surface area contributed by atoms with Gasteiger partial charge in [-0.05, 0) is 98.2 Å². The first kappa shape index (κ1) is 17.4. The molecule has 0 fully saturated rings. The predicted octanol–water partition coefficient (Wildman–Crippen LogP) is 7.83. The number of fused-ring (bicyclic) bond motifs is 3. The first-order valence-corrected chi connectivity index (χ1v) is 11.2. The minimum Gasteiger partial charge on any atom is -0.361 e. The quantitative estimate of drug-likeness (QED) is 0.184.